The summed E-state index contributed by atoms with van der Waals surface area (Å²) in [6, 6.07) is 4.73. The number of thiazole rings is 1. The third-order valence-electron chi connectivity index (χ3n) is 2.88. The van der Waals surface area contributed by atoms with Crippen molar-refractivity contribution in [3.63, 3.8) is 0 Å². The molecule has 0 fully saturated rings. The number of aryl methyl sites for hydroxylation is 1. The highest BCUT2D eigenvalue weighted by molar-refractivity contribution is 9.10. The Hall–Kier alpha value is -1.27. The highest BCUT2D eigenvalue weighted by atomic mass is 79.9. The van der Waals surface area contributed by atoms with Gasteiger partial charge in [0.15, 0.2) is 0 Å². The van der Waals surface area contributed by atoms with Crippen LogP contribution in [0, 0.1) is 12.7 Å². The van der Waals surface area contributed by atoms with Crippen molar-refractivity contribution < 1.29 is 9.18 Å². The number of hydrogen-bond donors (Lipinski definition) is 0. The smallest absolute Gasteiger partial charge is 0.273 e. The summed E-state index contributed by atoms with van der Waals surface area (Å²) in [4.78, 5) is 18.1. The summed E-state index contributed by atoms with van der Waals surface area (Å²) in [5.41, 5.74) is 0.909. The Morgan fingerprint density at radius 3 is 2.85 bits per heavy atom. The van der Waals surface area contributed by atoms with Crippen LogP contribution in [-0.4, -0.2) is 22.3 Å². The molecule has 0 N–H and O–H groups in total. The predicted molar refractivity (Wildman–Crippen MR) is 81.4 cm³/mol. The minimum absolute atomic E-state index is 0.170. The number of rotatable bonds is 4. The fourth-order valence-electron chi connectivity index (χ4n) is 1.82. The molecule has 1 amide bonds. The largest absolute Gasteiger partial charge is 0.333 e. The zero-order valence-corrected chi connectivity index (χ0v) is 13.6. The Labute approximate surface area is 129 Å². The molecule has 106 valence electrons. The molecule has 1 heterocycles. The average Bonchev–Trinajstić information content (AvgIpc) is 2.85. The highest BCUT2D eigenvalue weighted by Gasteiger charge is 2.18. The fourth-order valence-corrected chi connectivity index (χ4v) is 2.82. The maximum absolute atomic E-state index is 13.8. The minimum Gasteiger partial charge on any atom is -0.333 e. The molecular weight excluding hydrogens is 343 g/mol. The first kappa shape index (κ1) is 15.1. The van der Waals surface area contributed by atoms with Crippen molar-refractivity contribution in [2.45, 2.75) is 20.4 Å². The van der Waals surface area contributed by atoms with Gasteiger partial charge < -0.3 is 4.90 Å². The Kier molecular flexibility index (Phi) is 4.88. The summed E-state index contributed by atoms with van der Waals surface area (Å²) in [5, 5.41) is 2.58. The van der Waals surface area contributed by atoms with Crippen LogP contribution in [0.15, 0.2) is 28.1 Å². The molecule has 1 aromatic carbocycles. The molecular formula is C14H14BrFN2OS. The molecule has 6 heteroatoms. The van der Waals surface area contributed by atoms with Gasteiger partial charge in [0, 0.05) is 28.5 Å². The van der Waals surface area contributed by atoms with Crippen molar-refractivity contribution in [2.24, 2.45) is 0 Å². The third kappa shape index (κ3) is 3.43. The molecule has 0 aliphatic heterocycles. The van der Waals surface area contributed by atoms with E-state index < -0.39 is 0 Å². The lowest BCUT2D eigenvalue weighted by Crippen LogP contribution is -2.31. The SMILES string of the molecule is CCN(Cc1cc(Br)ccc1F)C(=O)c1csc(C)n1. The van der Waals surface area contributed by atoms with Crippen molar-refractivity contribution in [3.8, 4) is 0 Å². The van der Waals surface area contributed by atoms with Crippen LogP contribution in [0.1, 0.15) is 28.0 Å². The Morgan fingerprint density at radius 1 is 1.50 bits per heavy atom. The fraction of sp³-hybridized carbons (Fsp3) is 0.286. The first-order valence-corrected chi connectivity index (χ1v) is 7.84. The Morgan fingerprint density at radius 2 is 2.25 bits per heavy atom. The van der Waals surface area contributed by atoms with Crippen LogP contribution < -0.4 is 0 Å². The van der Waals surface area contributed by atoms with Gasteiger partial charge in [0.25, 0.3) is 5.91 Å². The molecule has 0 atom stereocenters. The molecule has 0 saturated carbocycles. The van der Waals surface area contributed by atoms with Gasteiger partial charge >= 0.3 is 0 Å². The van der Waals surface area contributed by atoms with Crippen molar-refractivity contribution in [3.05, 3.63) is 50.1 Å². The monoisotopic (exact) mass is 356 g/mol. The van der Waals surface area contributed by atoms with Crippen LogP contribution in [0.5, 0.6) is 0 Å². The molecule has 20 heavy (non-hydrogen) atoms. The van der Waals surface area contributed by atoms with Crippen LogP contribution in [0.25, 0.3) is 0 Å². The van der Waals surface area contributed by atoms with Gasteiger partial charge in [-0.25, -0.2) is 9.37 Å². The van der Waals surface area contributed by atoms with E-state index in [-0.39, 0.29) is 18.3 Å². The number of carbonyl (C=O) groups excluding carboxylic acids is 1. The number of benzene rings is 1. The number of amides is 1. The van der Waals surface area contributed by atoms with Crippen LogP contribution in [0.4, 0.5) is 4.39 Å². The molecule has 1 aromatic heterocycles. The summed E-state index contributed by atoms with van der Waals surface area (Å²) in [5.74, 6) is -0.481. The second-order valence-corrected chi connectivity index (χ2v) is 6.28. The van der Waals surface area contributed by atoms with Crippen molar-refractivity contribution in [1.29, 1.82) is 0 Å². The first-order valence-electron chi connectivity index (χ1n) is 6.16. The number of halogens is 2. The molecule has 0 radical (unpaired) electrons. The van der Waals surface area contributed by atoms with Crippen molar-refractivity contribution in [2.75, 3.05) is 6.54 Å². The molecule has 0 unspecified atom stereocenters. The highest BCUT2D eigenvalue weighted by Crippen LogP contribution is 2.19. The summed E-state index contributed by atoms with van der Waals surface area (Å²) in [6.07, 6.45) is 0. The van der Waals surface area contributed by atoms with Crippen molar-refractivity contribution >= 4 is 33.2 Å². The zero-order chi connectivity index (χ0) is 14.7. The summed E-state index contributed by atoms with van der Waals surface area (Å²) in [7, 11) is 0. The second-order valence-electron chi connectivity index (χ2n) is 4.31. The predicted octanol–water partition coefficient (Wildman–Crippen LogP) is 4.02. The van der Waals surface area contributed by atoms with E-state index in [1.54, 1.807) is 22.4 Å². The van der Waals surface area contributed by atoms with Crippen LogP contribution in [0.2, 0.25) is 0 Å². The lowest BCUT2D eigenvalue weighted by Gasteiger charge is -2.20. The molecule has 0 bridgehead atoms. The number of hydrogen-bond acceptors (Lipinski definition) is 3. The Bertz CT molecular complexity index is 629. The zero-order valence-electron chi connectivity index (χ0n) is 11.2. The molecule has 0 aliphatic carbocycles. The summed E-state index contributed by atoms with van der Waals surface area (Å²) < 4.78 is 14.6. The van der Waals surface area contributed by atoms with Gasteiger partial charge in [-0.05, 0) is 32.0 Å². The Balaban J connectivity index is 2.20. The van der Waals surface area contributed by atoms with Crippen molar-refractivity contribution in [1.82, 2.24) is 9.88 Å². The normalized spacial score (nSPS) is 10.6. The summed E-state index contributed by atoms with van der Waals surface area (Å²) >= 11 is 4.74. The van der Waals surface area contributed by atoms with Gasteiger partial charge in [-0.2, -0.15) is 0 Å². The summed E-state index contributed by atoms with van der Waals surface area (Å²) in [6.45, 7) is 4.46. The van der Waals surface area contributed by atoms with Gasteiger partial charge in [0.1, 0.15) is 11.5 Å². The van der Waals surface area contributed by atoms with Gasteiger partial charge in [0.05, 0.1) is 5.01 Å². The second kappa shape index (κ2) is 6.45. The van der Waals surface area contributed by atoms with Crippen LogP contribution in [0.3, 0.4) is 0 Å². The van der Waals surface area contributed by atoms with E-state index in [9.17, 15) is 9.18 Å². The lowest BCUT2D eigenvalue weighted by atomic mass is 10.2. The number of nitrogens with zero attached hydrogens (tertiary/aromatic N) is 2. The molecule has 0 saturated heterocycles. The lowest BCUT2D eigenvalue weighted by molar-refractivity contribution is 0.0746. The van der Waals surface area contributed by atoms with E-state index in [2.05, 4.69) is 20.9 Å². The van der Waals surface area contributed by atoms with E-state index in [1.165, 1.54) is 17.4 Å². The molecule has 2 rings (SSSR count). The van der Waals surface area contributed by atoms with Gasteiger partial charge in [-0.1, -0.05) is 15.9 Å². The van der Waals surface area contributed by atoms with E-state index in [1.807, 2.05) is 13.8 Å². The van der Waals surface area contributed by atoms with E-state index in [0.29, 0.717) is 17.8 Å². The van der Waals surface area contributed by atoms with Crippen LogP contribution in [-0.2, 0) is 6.54 Å². The van der Waals surface area contributed by atoms with E-state index >= 15 is 0 Å². The van der Waals surface area contributed by atoms with E-state index in [4.69, 9.17) is 0 Å². The number of carbonyl (C=O) groups is 1. The average molecular weight is 357 g/mol. The van der Waals surface area contributed by atoms with Crippen LogP contribution >= 0.6 is 27.3 Å². The molecule has 0 aliphatic rings. The topological polar surface area (TPSA) is 33.2 Å². The maximum Gasteiger partial charge on any atom is 0.273 e. The molecule has 0 spiro atoms. The maximum atomic E-state index is 13.8. The first-order chi connectivity index (χ1) is 9.51. The molecule has 2 aromatic rings. The molecule has 3 nitrogen and oxygen atoms in total. The minimum atomic E-state index is -0.311. The standard InChI is InChI=1S/C14H14BrFN2OS/c1-3-18(14(19)13-8-20-9(2)17-13)7-10-6-11(15)4-5-12(10)16/h4-6,8H,3,7H2,1-2H3. The van der Waals surface area contributed by atoms with E-state index in [0.717, 1.165) is 9.48 Å². The quantitative estimate of drug-likeness (QED) is 0.828. The third-order valence-corrected chi connectivity index (χ3v) is 4.14. The van der Waals surface area contributed by atoms with Gasteiger partial charge in [-0.3, -0.25) is 4.79 Å². The number of aromatic nitrogens is 1. The van der Waals surface area contributed by atoms with Gasteiger partial charge in [-0.15, -0.1) is 11.3 Å². The van der Waals surface area contributed by atoms with Gasteiger partial charge in [0.2, 0.25) is 0 Å².